The largest absolute Gasteiger partial charge is 0.457 e. The number of benzene rings is 3. The maximum Gasteiger partial charge on any atom is 0.174 e. The van der Waals surface area contributed by atoms with Gasteiger partial charge in [-0.05, 0) is 104 Å². The first kappa shape index (κ1) is 23.9. The molecule has 0 amide bonds. The van der Waals surface area contributed by atoms with Crippen LogP contribution in [-0.4, -0.2) is 14.7 Å². The van der Waals surface area contributed by atoms with Crippen molar-refractivity contribution < 1.29 is 9.13 Å². The average molecular weight is 521 g/mol. The van der Waals surface area contributed by atoms with Gasteiger partial charge in [0.1, 0.15) is 23.4 Å². The minimum atomic E-state index is -0.271. The normalized spacial score (nSPS) is 16.9. The van der Waals surface area contributed by atoms with Crippen LogP contribution in [0.2, 0.25) is 0 Å². The molecule has 1 aliphatic heterocycles. The van der Waals surface area contributed by atoms with E-state index >= 15 is 0 Å². The Bertz CT molecular complexity index is 1550. The zero-order chi connectivity index (χ0) is 26.1. The molecule has 6 rings (SSSR count). The molecule has 1 saturated heterocycles. The van der Waals surface area contributed by atoms with Gasteiger partial charge in [0, 0.05) is 29.5 Å². The Labute approximate surface area is 226 Å². The van der Waals surface area contributed by atoms with Gasteiger partial charge in [-0.1, -0.05) is 23.8 Å². The van der Waals surface area contributed by atoms with Crippen molar-refractivity contribution in [3.8, 4) is 17.2 Å². The van der Waals surface area contributed by atoms with E-state index < -0.39 is 0 Å². The van der Waals surface area contributed by atoms with Crippen LogP contribution in [0.5, 0.6) is 11.5 Å². The number of aromatic nitrogens is 2. The van der Waals surface area contributed by atoms with Crippen LogP contribution >= 0.6 is 12.2 Å². The number of thiocarbonyl (C=S) groups is 1. The van der Waals surface area contributed by atoms with Gasteiger partial charge in [-0.2, -0.15) is 0 Å². The molecule has 5 aromatic rings. The summed E-state index contributed by atoms with van der Waals surface area (Å²) in [5.74, 6) is 1.25. The fraction of sp³-hybridized carbons (Fsp3) is 0.0968. The van der Waals surface area contributed by atoms with E-state index in [-0.39, 0.29) is 17.9 Å². The molecule has 3 aromatic carbocycles. The Morgan fingerprint density at radius 2 is 1.50 bits per heavy atom. The van der Waals surface area contributed by atoms with Gasteiger partial charge in [-0.25, -0.2) is 4.39 Å². The highest BCUT2D eigenvalue weighted by Crippen LogP contribution is 2.42. The van der Waals surface area contributed by atoms with E-state index in [4.69, 9.17) is 17.0 Å². The molecule has 2 aromatic heterocycles. The van der Waals surface area contributed by atoms with Crippen LogP contribution in [0.3, 0.4) is 0 Å². The van der Waals surface area contributed by atoms with E-state index in [0.717, 1.165) is 34.3 Å². The first-order chi connectivity index (χ1) is 18.6. The molecule has 1 aliphatic rings. The molecule has 0 aliphatic carbocycles. The highest BCUT2D eigenvalue weighted by atomic mass is 32.1. The molecule has 0 bridgehead atoms. The summed E-state index contributed by atoms with van der Waals surface area (Å²) in [4.78, 5) is 6.75. The van der Waals surface area contributed by atoms with Crippen molar-refractivity contribution in [3.63, 3.8) is 0 Å². The van der Waals surface area contributed by atoms with Gasteiger partial charge in [0.2, 0.25) is 0 Å². The van der Waals surface area contributed by atoms with Gasteiger partial charge in [-0.3, -0.25) is 4.98 Å². The molecule has 188 valence electrons. The molecular formula is C31H25FN4OS. The third-order valence-corrected chi connectivity index (χ3v) is 6.97. The first-order valence-corrected chi connectivity index (χ1v) is 12.8. The van der Waals surface area contributed by atoms with Crippen molar-refractivity contribution in [1.82, 2.24) is 14.9 Å². The summed E-state index contributed by atoms with van der Waals surface area (Å²) in [6.45, 7) is 2.05. The second kappa shape index (κ2) is 10.1. The summed E-state index contributed by atoms with van der Waals surface area (Å²) in [6.07, 6.45) is 3.77. The maximum absolute atomic E-state index is 13.7. The van der Waals surface area contributed by atoms with Crippen LogP contribution in [0.1, 0.15) is 29.0 Å². The van der Waals surface area contributed by atoms with Crippen LogP contribution in [0.4, 0.5) is 10.1 Å². The Morgan fingerprint density at radius 3 is 2.18 bits per heavy atom. The van der Waals surface area contributed by atoms with Gasteiger partial charge < -0.3 is 19.5 Å². The topological polar surface area (TPSA) is 42.3 Å². The lowest BCUT2D eigenvalue weighted by molar-refractivity contribution is 0.482. The first-order valence-electron chi connectivity index (χ1n) is 12.4. The Morgan fingerprint density at radius 1 is 0.816 bits per heavy atom. The van der Waals surface area contributed by atoms with Gasteiger partial charge in [0.15, 0.2) is 5.11 Å². The summed E-state index contributed by atoms with van der Waals surface area (Å²) in [5.41, 5.74) is 4.86. The number of nitrogens with one attached hydrogen (secondary N) is 1. The van der Waals surface area contributed by atoms with Gasteiger partial charge in [0.25, 0.3) is 0 Å². The zero-order valence-electron chi connectivity index (χ0n) is 20.7. The summed E-state index contributed by atoms with van der Waals surface area (Å²) in [7, 11) is 0. The average Bonchev–Trinajstić information content (AvgIpc) is 3.56. The number of nitrogens with zero attached hydrogens (tertiary/aromatic N) is 3. The lowest BCUT2D eigenvalue weighted by Gasteiger charge is -2.29. The van der Waals surface area contributed by atoms with Crippen molar-refractivity contribution in [3.05, 3.63) is 138 Å². The third-order valence-electron chi connectivity index (χ3n) is 6.66. The molecule has 5 nitrogen and oxygen atoms in total. The molecule has 2 atom stereocenters. The lowest BCUT2D eigenvalue weighted by atomic mass is 10.0. The van der Waals surface area contributed by atoms with Crippen LogP contribution in [0.15, 0.2) is 116 Å². The predicted octanol–water partition coefficient (Wildman–Crippen LogP) is 7.29. The summed E-state index contributed by atoms with van der Waals surface area (Å²) in [6, 6.07) is 31.9. The molecule has 0 radical (unpaired) electrons. The van der Waals surface area contributed by atoms with E-state index in [9.17, 15) is 4.39 Å². The Hall–Kier alpha value is -4.49. The van der Waals surface area contributed by atoms with Crippen LogP contribution in [-0.2, 0) is 0 Å². The molecule has 0 spiro atoms. The summed E-state index contributed by atoms with van der Waals surface area (Å²) < 4.78 is 21.8. The highest BCUT2D eigenvalue weighted by Gasteiger charge is 2.42. The minimum absolute atomic E-state index is 0.193. The molecule has 0 saturated carbocycles. The number of halogens is 1. The van der Waals surface area contributed by atoms with Gasteiger partial charge in [0.05, 0.1) is 11.7 Å². The van der Waals surface area contributed by atoms with E-state index in [1.165, 1.54) is 17.7 Å². The van der Waals surface area contributed by atoms with Crippen molar-refractivity contribution >= 4 is 23.0 Å². The van der Waals surface area contributed by atoms with Crippen LogP contribution in [0.25, 0.3) is 5.69 Å². The second-order valence-electron chi connectivity index (χ2n) is 9.19. The maximum atomic E-state index is 13.7. The molecule has 0 unspecified atom stereocenters. The predicted molar refractivity (Wildman–Crippen MR) is 151 cm³/mol. The molecule has 1 N–H and O–H groups in total. The fourth-order valence-corrected chi connectivity index (χ4v) is 5.17. The number of hydrogen-bond donors (Lipinski definition) is 1. The highest BCUT2D eigenvalue weighted by molar-refractivity contribution is 7.80. The lowest BCUT2D eigenvalue weighted by Crippen LogP contribution is -2.30. The second-order valence-corrected chi connectivity index (χ2v) is 9.57. The third kappa shape index (κ3) is 4.64. The molecule has 7 heteroatoms. The SMILES string of the molecule is Cc1ccc(Oc2ccc(N3C(=S)N[C@H](c4ccccn4)[C@H]3c3cccn3-c3ccc(F)cc3)cc2)cc1. The fourth-order valence-electron chi connectivity index (χ4n) is 4.82. The molecule has 38 heavy (non-hydrogen) atoms. The minimum Gasteiger partial charge on any atom is -0.457 e. The number of aryl methyl sites for hydroxylation is 1. The smallest absolute Gasteiger partial charge is 0.174 e. The molecule has 3 heterocycles. The Kier molecular flexibility index (Phi) is 6.35. The molecular weight excluding hydrogens is 495 g/mol. The van der Waals surface area contributed by atoms with E-state index in [0.29, 0.717) is 5.11 Å². The summed E-state index contributed by atoms with van der Waals surface area (Å²) in [5, 5.41) is 4.10. The number of hydrogen-bond acceptors (Lipinski definition) is 3. The Balaban J connectivity index is 1.38. The van der Waals surface area contributed by atoms with E-state index in [1.54, 1.807) is 18.3 Å². The summed E-state index contributed by atoms with van der Waals surface area (Å²) >= 11 is 5.87. The van der Waals surface area contributed by atoms with Crippen molar-refractivity contribution in [2.24, 2.45) is 0 Å². The van der Waals surface area contributed by atoms with Crippen LogP contribution in [0, 0.1) is 12.7 Å². The number of anilines is 1. The van der Waals surface area contributed by atoms with Gasteiger partial charge >= 0.3 is 0 Å². The van der Waals surface area contributed by atoms with E-state index in [1.807, 2.05) is 85.9 Å². The monoisotopic (exact) mass is 520 g/mol. The molecule has 1 fully saturated rings. The standard InChI is InChI=1S/C31H25FN4OS/c1-21-7-15-25(16-8-21)37-26-17-13-24(14-18-26)36-30(29(34-31(36)38)27-5-2-3-19-33-27)28-6-4-20-35(28)23-11-9-22(32)10-12-23/h2-20,29-30H,1H3,(H,34,38)/t29-,30-/m1/s1. The number of ether oxygens (including phenoxy) is 1. The van der Waals surface area contributed by atoms with E-state index in [2.05, 4.69) is 25.8 Å². The quantitative estimate of drug-likeness (QED) is 0.238. The van der Waals surface area contributed by atoms with Crippen molar-refractivity contribution in [2.75, 3.05) is 4.90 Å². The number of rotatable bonds is 6. The number of pyridine rings is 1. The van der Waals surface area contributed by atoms with Crippen molar-refractivity contribution in [1.29, 1.82) is 0 Å². The van der Waals surface area contributed by atoms with Crippen LogP contribution < -0.4 is 15.0 Å². The van der Waals surface area contributed by atoms with Gasteiger partial charge in [-0.15, -0.1) is 0 Å². The zero-order valence-corrected chi connectivity index (χ0v) is 21.5. The van der Waals surface area contributed by atoms with Crippen molar-refractivity contribution in [2.45, 2.75) is 19.0 Å².